The number of carboxylic acid groups (broad SMARTS) is 1. The van der Waals surface area contributed by atoms with Gasteiger partial charge in [0.1, 0.15) is 5.69 Å². The van der Waals surface area contributed by atoms with Crippen LogP contribution >= 0.6 is 11.3 Å². The zero-order chi connectivity index (χ0) is 37.3. The van der Waals surface area contributed by atoms with Crippen LogP contribution in [0.15, 0.2) is 56.8 Å². The van der Waals surface area contributed by atoms with E-state index in [0.717, 1.165) is 29.7 Å². The SMILES string of the molecule is Nc1nc(/C(=N/OC2(C(=O)O)CCC2)C(=O)C[C@@H]2C(=O)N(S(=O)(=O)O)[C@@H]2CNC(=O)c2cccc(S(=O)(=O)NCc3cc(=O)c(O)c[nH]3)c2)cs1. The number of aromatic hydroxyl groups is 1. The molecule has 0 spiro atoms. The fraction of sp³-hybridized carbons (Fsp3) is 0.321. The predicted molar refractivity (Wildman–Crippen MR) is 175 cm³/mol. The fourth-order valence-electron chi connectivity index (χ4n) is 5.18. The van der Waals surface area contributed by atoms with Gasteiger partial charge in [-0.15, -0.1) is 11.3 Å². The van der Waals surface area contributed by atoms with E-state index in [0.29, 0.717) is 6.42 Å². The summed E-state index contributed by atoms with van der Waals surface area (Å²) in [5.41, 5.74) is 2.62. The Kier molecular flexibility index (Phi) is 10.3. The highest BCUT2D eigenvalue weighted by Crippen LogP contribution is 2.37. The van der Waals surface area contributed by atoms with E-state index in [1.54, 1.807) is 0 Å². The Balaban J connectivity index is 1.30. The number of pyridine rings is 1. The third kappa shape index (κ3) is 7.91. The van der Waals surface area contributed by atoms with Crippen LogP contribution in [0.2, 0.25) is 0 Å². The molecule has 2 aliphatic rings. The lowest BCUT2D eigenvalue weighted by Crippen LogP contribution is -2.66. The highest BCUT2D eigenvalue weighted by molar-refractivity contribution is 7.89. The van der Waals surface area contributed by atoms with Gasteiger partial charge in [-0.2, -0.15) is 8.42 Å². The van der Waals surface area contributed by atoms with Gasteiger partial charge in [-0.05, 0) is 24.6 Å². The number of hydrogen-bond acceptors (Lipinski definition) is 15. The number of nitrogen functional groups attached to an aromatic ring is 1. The van der Waals surface area contributed by atoms with Crippen molar-refractivity contribution in [2.24, 2.45) is 11.1 Å². The van der Waals surface area contributed by atoms with Gasteiger partial charge in [-0.25, -0.2) is 27.2 Å². The number of ketones is 1. The molecule has 0 unspecified atom stereocenters. The van der Waals surface area contributed by atoms with Crippen LogP contribution in [0.1, 0.15) is 47.4 Å². The molecule has 2 atom stereocenters. The van der Waals surface area contributed by atoms with Gasteiger partial charge < -0.3 is 31.1 Å². The van der Waals surface area contributed by atoms with Crippen LogP contribution in [0.4, 0.5) is 5.13 Å². The predicted octanol–water partition coefficient (Wildman–Crippen LogP) is -0.655. The lowest BCUT2D eigenvalue weighted by atomic mass is 9.80. The number of H-pyrrole nitrogens is 1. The smallest absolute Gasteiger partial charge is 0.362 e. The maximum atomic E-state index is 13.5. The molecule has 5 rings (SSSR count). The molecule has 3 aromatic rings. The molecular weight excluding hydrogens is 739 g/mol. The molecule has 51 heavy (non-hydrogen) atoms. The average molecular weight is 768 g/mol. The van der Waals surface area contributed by atoms with Crippen LogP contribution in [0.25, 0.3) is 0 Å². The average Bonchev–Trinajstić information content (AvgIpc) is 3.47. The number of sulfonamides is 1. The fourth-order valence-corrected chi connectivity index (χ4v) is 7.71. The maximum absolute atomic E-state index is 13.5. The Bertz CT molecular complexity index is 2210. The van der Waals surface area contributed by atoms with E-state index in [9.17, 15) is 55.6 Å². The van der Waals surface area contributed by atoms with Crippen molar-refractivity contribution in [1.29, 1.82) is 0 Å². The number of nitrogens with zero attached hydrogens (tertiary/aromatic N) is 3. The number of oxime groups is 1. The third-order valence-corrected chi connectivity index (χ3v) is 11.1. The summed E-state index contributed by atoms with van der Waals surface area (Å²) in [5.74, 6) is -6.30. The lowest BCUT2D eigenvalue weighted by molar-refractivity contribution is -0.178. The Morgan fingerprint density at radius 1 is 1.18 bits per heavy atom. The van der Waals surface area contributed by atoms with Gasteiger partial charge in [0, 0.05) is 54.7 Å². The Morgan fingerprint density at radius 2 is 1.90 bits per heavy atom. The van der Waals surface area contributed by atoms with E-state index in [1.807, 2.05) is 0 Å². The number of hydrogen-bond donors (Lipinski definition) is 7. The number of aromatic amines is 1. The summed E-state index contributed by atoms with van der Waals surface area (Å²) in [7, 11) is -9.41. The number of β-lactam (4-membered cyclic amide) rings is 1. The van der Waals surface area contributed by atoms with Crippen LogP contribution in [0.3, 0.4) is 0 Å². The van der Waals surface area contributed by atoms with E-state index in [-0.39, 0.29) is 50.7 Å². The van der Waals surface area contributed by atoms with Crippen LogP contribution in [-0.4, -0.2) is 93.3 Å². The Morgan fingerprint density at radius 3 is 2.49 bits per heavy atom. The molecule has 1 aliphatic carbocycles. The second-order valence-corrected chi connectivity index (χ2v) is 15.4. The molecule has 2 amide bonds. The molecule has 1 aromatic carbocycles. The molecule has 1 aliphatic heterocycles. The number of aromatic nitrogens is 2. The summed E-state index contributed by atoms with van der Waals surface area (Å²) >= 11 is 0.931. The number of nitrogens with one attached hydrogen (secondary N) is 3. The van der Waals surface area contributed by atoms with Gasteiger partial charge in [0.15, 0.2) is 22.4 Å². The Hall–Kier alpha value is -5.23. The van der Waals surface area contributed by atoms with Crippen molar-refractivity contribution in [3.63, 3.8) is 0 Å². The molecule has 3 heterocycles. The number of benzene rings is 1. The maximum Gasteiger partial charge on any atom is 0.362 e. The second-order valence-electron chi connectivity index (χ2n) is 11.4. The van der Waals surface area contributed by atoms with Crippen molar-refractivity contribution in [1.82, 2.24) is 24.3 Å². The minimum absolute atomic E-state index is 0.0290. The first-order valence-electron chi connectivity index (χ1n) is 14.8. The van der Waals surface area contributed by atoms with Crippen LogP contribution < -0.4 is 21.2 Å². The van der Waals surface area contributed by atoms with Gasteiger partial charge in [0.2, 0.25) is 27.0 Å². The number of aliphatic carboxylic acids is 1. The summed E-state index contributed by atoms with van der Waals surface area (Å²) in [6, 6.07) is 4.17. The first-order chi connectivity index (χ1) is 23.9. The van der Waals surface area contributed by atoms with Crippen molar-refractivity contribution in [3.05, 3.63) is 69.1 Å². The van der Waals surface area contributed by atoms with E-state index < -0.39 is 91.3 Å². The summed E-state index contributed by atoms with van der Waals surface area (Å²) in [4.78, 5) is 74.2. The number of rotatable bonds is 15. The van der Waals surface area contributed by atoms with E-state index in [1.165, 1.54) is 23.6 Å². The molecule has 272 valence electrons. The van der Waals surface area contributed by atoms with Gasteiger partial charge in [0.05, 0.1) is 23.4 Å². The molecule has 2 aromatic heterocycles. The van der Waals surface area contributed by atoms with E-state index in [4.69, 9.17) is 10.6 Å². The minimum Gasteiger partial charge on any atom is -0.503 e. The molecule has 0 bridgehead atoms. The highest BCUT2D eigenvalue weighted by atomic mass is 32.2. The number of amides is 2. The molecule has 23 heteroatoms. The first kappa shape index (κ1) is 37.0. The highest BCUT2D eigenvalue weighted by Gasteiger charge is 2.54. The van der Waals surface area contributed by atoms with Crippen molar-refractivity contribution in [2.75, 3.05) is 12.3 Å². The van der Waals surface area contributed by atoms with Crippen molar-refractivity contribution in [2.45, 2.75) is 48.8 Å². The minimum atomic E-state index is -5.16. The monoisotopic (exact) mass is 767 g/mol. The molecule has 8 N–H and O–H groups in total. The zero-order valence-electron chi connectivity index (χ0n) is 26.0. The van der Waals surface area contributed by atoms with Gasteiger partial charge in [-0.3, -0.25) is 23.7 Å². The Labute approximate surface area is 292 Å². The van der Waals surface area contributed by atoms with Gasteiger partial charge in [-0.1, -0.05) is 11.2 Å². The first-order valence-corrected chi connectivity index (χ1v) is 18.5. The van der Waals surface area contributed by atoms with Gasteiger partial charge in [0.25, 0.3) is 5.91 Å². The molecule has 1 saturated carbocycles. The van der Waals surface area contributed by atoms with Crippen molar-refractivity contribution >= 4 is 66.1 Å². The lowest BCUT2D eigenvalue weighted by Gasteiger charge is -2.44. The molecular formula is C28H29N7O13S3. The molecule has 20 nitrogen and oxygen atoms in total. The van der Waals surface area contributed by atoms with Gasteiger partial charge >= 0.3 is 16.3 Å². The van der Waals surface area contributed by atoms with Crippen molar-refractivity contribution < 1.29 is 55.6 Å². The zero-order valence-corrected chi connectivity index (χ0v) is 28.5. The quantitative estimate of drug-likeness (QED) is 0.0437. The number of nitrogens with two attached hydrogens (primary N) is 1. The summed E-state index contributed by atoms with van der Waals surface area (Å²) < 4.78 is 61.9. The number of carbonyl (C=O) groups is 4. The van der Waals surface area contributed by atoms with Crippen LogP contribution in [0, 0.1) is 5.92 Å². The standard InChI is InChI=1S/C28H29N7O13S3/c29-27-33-18(13-49-27)23(34-48-28(26(41)42)5-2-6-28)21(37)9-17-19(35(25(17)40)51(45,46)47)11-31-24(39)14-3-1-4-16(7-14)50(43,44)32-10-15-8-20(36)22(38)12-30-15/h1,3-4,7-8,12-13,17,19,32,38H,2,5-6,9-11H2,(H2,29,33)(H,30,36)(H,31,39)(H,41,42)(H,45,46,47)/b34-23-/t17-,19+/m0/s1. The largest absolute Gasteiger partial charge is 0.503 e. The third-order valence-electron chi connectivity index (χ3n) is 8.13. The van der Waals surface area contributed by atoms with Crippen molar-refractivity contribution in [3.8, 4) is 5.75 Å². The number of carbonyl (C=O) groups excluding carboxylic acids is 3. The topological polar surface area (TPSA) is 318 Å². The van der Waals surface area contributed by atoms with E-state index in [2.05, 4.69) is 25.2 Å². The molecule has 2 fully saturated rings. The number of Topliss-reactive ketones (excluding diaryl/α,β-unsaturated/α-hetero) is 1. The molecule has 1 saturated heterocycles. The number of carboxylic acids is 1. The normalized spacial score (nSPS) is 18.7. The summed E-state index contributed by atoms with van der Waals surface area (Å²) in [6.45, 7) is -0.995. The second kappa shape index (κ2) is 14.2. The number of thiazole rings is 1. The summed E-state index contributed by atoms with van der Waals surface area (Å²) in [5, 5.41) is 26.4. The number of anilines is 1. The summed E-state index contributed by atoms with van der Waals surface area (Å²) in [6.07, 6.45) is 1.03. The van der Waals surface area contributed by atoms with Crippen LogP contribution in [0.5, 0.6) is 5.75 Å². The molecule has 0 radical (unpaired) electrons. The van der Waals surface area contributed by atoms with E-state index >= 15 is 0 Å². The van der Waals surface area contributed by atoms with Crippen LogP contribution in [-0.2, 0) is 46.1 Å².